The monoisotopic (exact) mass is 481 g/mol. The molecule has 1 aromatic carbocycles. The van der Waals surface area contributed by atoms with E-state index in [1.807, 2.05) is 18.4 Å². The van der Waals surface area contributed by atoms with Crippen molar-refractivity contribution in [3.05, 3.63) is 74.8 Å². The number of carbonyl (C=O) groups excluding carboxylic acids is 3. The molecule has 2 aromatic rings. The highest BCUT2D eigenvalue weighted by atomic mass is 32.1. The molecule has 8 heteroatoms. The molecule has 0 saturated heterocycles. The summed E-state index contributed by atoms with van der Waals surface area (Å²) < 4.78 is 15.6. The molecule has 2 unspecified atom stereocenters. The van der Waals surface area contributed by atoms with Crippen molar-refractivity contribution >= 4 is 29.1 Å². The Hall–Kier alpha value is -3.23. The number of methoxy groups -OCH3 is 1. The normalized spacial score (nSPS) is 20.0. The molecule has 2 atom stereocenters. The van der Waals surface area contributed by atoms with Crippen molar-refractivity contribution in [3.63, 3.8) is 0 Å². The van der Waals surface area contributed by atoms with Gasteiger partial charge in [-0.2, -0.15) is 0 Å². The van der Waals surface area contributed by atoms with Crippen molar-refractivity contribution in [1.82, 2.24) is 5.32 Å². The minimum atomic E-state index is -0.575. The third kappa shape index (κ3) is 4.98. The Bertz CT molecular complexity index is 1150. The number of rotatable bonds is 7. The predicted molar refractivity (Wildman–Crippen MR) is 127 cm³/mol. The average Bonchev–Trinajstić information content (AvgIpc) is 3.33. The van der Waals surface area contributed by atoms with Gasteiger partial charge in [-0.15, -0.1) is 11.3 Å². The molecule has 7 nitrogen and oxygen atoms in total. The van der Waals surface area contributed by atoms with Gasteiger partial charge < -0.3 is 19.5 Å². The molecule has 1 N–H and O–H groups in total. The molecule has 0 radical (unpaired) electrons. The second-order valence-electron chi connectivity index (χ2n) is 8.32. The van der Waals surface area contributed by atoms with E-state index in [9.17, 15) is 14.4 Å². The van der Waals surface area contributed by atoms with Crippen LogP contribution in [0, 0.1) is 0 Å². The van der Waals surface area contributed by atoms with Crippen LogP contribution in [-0.4, -0.2) is 38.0 Å². The first-order valence-corrected chi connectivity index (χ1v) is 12.0. The van der Waals surface area contributed by atoms with Crippen LogP contribution in [0.1, 0.15) is 49.0 Å². The first kappa shape index (κ1) is 23.9. The summed E-state index contributed by atoms with van der Waals surface area (Å²) in [4.78, 5) is 39.1. The quantitative estimate of drug-likeness (QED) is 0.360. The third-order valence-electron chi connectivity index (χ3n) is 5.99. The smallest absolute Gasteiger partial charge is 0.336 e. The lowest BCUT2D eigenvalue weighted by Crippen LogP contribution is -2.36. The number of thiophene rings is 1. The Morgan fingerprint density at radius 2 is 1.88 bits per heavy atom. The molecule has 1 aliphatic carbocycles. The molecule has 0 amide bonds. The van der Waals surface area contributed by atoms with Gasteiger partial charge in [0.05, 0.1) is 12.2 Å². The fourth-order valence-corrected chi connectivity index (χ4v) is 5.39. The van der Waals surface area contributed by atoms with Crippen LogP contribution in [0.2, 0.25) is 0 Å². The molecule has 2 heterocycles. The minimum Gasteiger partial charge on any atom is -0.460 e. The Kier molecular flexibility index (Phi) is 7.29. The number of ether oxygens (including phenoxy) is 3. The summed E-state index contributed by atoms with van der Waals surface area (Å²) in [5.74, 6) is -0.966. The summed E-state index contributed by atoms with van der Waals surface area (Å²) >= 11 is 1.65. The highest BCUT2D eigenvalue weighted by molar-refractivity contribution is 7.10. The first-order chi connectivity index (χ1) is 16.4. The van der Waals surface area contributed by atoms with Crippen LogP contribution in [0.5, 0.6) is 5.75 Å². The summed E-state index contributed by atoms with van der Waals surface area (Å²) in [6, 6.07) is 11.0. The molecule has 0 bridgehead atoms. The maximum atomic E-state index is 13.5. The standard InChI is InChI=1S/C26H27NO6S/c1-15-23(26(30)32-11-10-31-3)24(17-6-8-19(9-7-17)33-16(2)28)25-20(27-15)13-18(14-21(25)29)22-5-4-12-34-22/h4-9,12,18,24,27H,10-11,13-14H2,1-3H3. The second kappa shape index (κ2) is 10.4. The molecule has 0 saturated carbocycles. The lowest BCUT2D eigenvalue weighted by molar-refractivity contribution is -0.140. The Balaban J connectivity index is 1.73. The van der Waals surface area contributed by atoms with Crippen LogP contribution in [0.15, 0.2) is 64.3 Å². The number of allylic oxidation sites excluding steroid dienone is 3. The van der Waals surface area contributed by atoms with Crippen molar-refractivity contribution in [2.75, 3.05) is 20.3 Å². The van der Waals surface area contributed by atoms with E-state index < -0.39 is 17.9 Å². The van der Waals surface area contributed by atoms with E-state index >= 15 is 0 Å². The van der Waals surface area contributed by atoms with E-state index in [2.05, 4.69) is 11.4 Å². The highest BCUT2D eigenvalue weighted by Crippen LogP contribution is 2.46. The van der Waals surface area contributed by atoms with Gasteiger partial charge in [0, 0.05) is 54.1 Å². The van der Waals surface area contributed by atoms with Gasteiger partial charge in [0.1, 0.15) is 12.4 Å². The fraction of sp³-hybridized carbons (Fsp3) is 0.346. The zero-order chi connectivity index (χ0) is 24.2. The number of ketones is 1. The predicted octanol–water partition coefficient (Wildman–Crippen LogP) is 4.22. The van der Waals surface area contributed by atoms with Gasteiger partial charge in [-0.25, -0.2) is 4.79 Å². The van der Waals surface area contributed by atoms with Crippen molar-refractivity contribution in [2.24, 2.45) is 0 Å². The van der Waals surface area contributed by atoms with Gasteiger partial charge >= 0.3 is 11.9 Å². The molecule has 4 rings (SSSR count). The Morgan fingerprint density at radius 3 is 2.53 bits per heavy atom. The number of esters is 2. The van der Waals surface area contributed by atoms with Crippen LogP contribution >= 0.6 is 11.3 Å². The molecule has 0 fully saturated rings. The van der Waals surface area contributed by atoms with E-state index in [0.717, 1.165) is 11.3 Å². The molecule has 0 spiro atoms. The molecule has 2 aliphatic rings. The lowest BCUT2D eigenvalue weighted by atomic mass is 9.72. The zero-order valence-corrected chi connectivity index (χ0v) is 20.2. The van der Waals surface area contributed by atoms with E-state index in [-0.39, 0.29) is 24.9 Å². The van der Waals surface area contributed by atoms with E-state index in [4.69, 9.17) is 14.2 Å². The maximum Gasteiger partial charge on any atom is 0.336 e. The molecule has 1 aromatic heterocycles. The molecule has 178 valence electrons. The maximum absolute atomic E-state index is 13.5. The van der Waals surface area contributed by atoms with E-state index in [1.54, 1.807) is 35.6 Å². The van der Waals surface area contributed by atoms with Crippen molar-refractivity contribution in [2.45, 2.75) is 38.5 Å². The highest BCUT2D eigenvalue weighted by Gasteiger charge is 2.41. The summed E-state index contributed by atoms with van der Waals surface area (Å²) in [6.45, 7) is 3.56. The first-order valence-electron chi connectivity index (χ1n) is 11.1. The number of hydrogen-bond acceptors (Lipinski definition) is 8. The molecular formula is C26H27NO6S. The van der Waals surface area contributed by atoms with Crippen LogP contribution < -0.4 is 10.1 Å². The van der Waals surface area contributed by atoms with Gasteiger partial charge in [0.25, 0.3) is 0 Å². The third-order valence-corrected chi connectivity index (χ3v) is 7.02. The number of nitrogens with one attached hydrogen (secondary N) is 1. The molecule has 1 aliphatic heterocycles. The minimum absolute atomic E-state index is 0.0101. The van der Waals surface area contributed by atoms with E-state index in [1.165, 1.54) is 18.9 Å². The number of dihydropyridines is 1. The molecule has 34 heavy (non-hydrogen) atoms. The zero-order valence-electron chi connectivity index (χ0n) is 19.4. The van der Waals surface area contributed by atoms with Gasteiger partial charge in [0.15, 0.2) is 5.78 Å². The summed E-state index contributed by atoms with van der Waals surface area (Å²) in [5, 5.41) is 5.36. The van der Waals surface area contributed by atoms with Gasteiger partial charge in [-0.1, -0.05) is 18.2 Å². The van der Waals surface area contributed by atoms with Gasteiger partial charge in [0.2, 0.25) is 0 Å². The summed E-state index contributed by atoms with van der Waals surface area (Å²) in [7, 11) is 1.54. The lowest BCUT2D eigenvalue weighted by Gasteiger charge is -2.36. The largest absolute Gasteiger partial charge is 0.460 e. The number of hydrogen-bond donors (Lipinski definition) is 1. The van der Waals surface area contributed by atoms with Crippen LogP contribution in [0.3, 0.4) is 0 Å². The van der Waals surface area contributed by atoms with Crippen molar-refractivity contribution in [1.29, 1.82) is 0 Å². The van der Waals surface area contributed by atoms with Crippen LogP contribution in [-0.2, 0) is 23.9 Å². The summed E-state index contributed by atoms with van der Waals surface area (Å²) in [5.41, 5.74) is 3.26. The Morgan fingerprint density at radius 1 is 1.12 bits per heavy atom. The number of benzene rings is 1. The van der Waals surface area contributed by atoms with E-state index in [0.29, 0.717) is 35.4 Å². The SMILES string of the molecule is COCCOC(=O)C1=C(C)NC2=C(C(=O)CC(c3cccs3)C2)C1c1ccc(OC(C)=O)cc1. The van der Waals surface area contributed by atoms with Crippen molar-refractivity contribution in [3.8, 4) is 5.75 Å². The second-order valence-corrected chi connectivity index (χ2v) is 9.30. The van der Waals surface area contributed by atoms with Crippen LogP contribution in [0.4, 0.5) is 0 Å². The van der Waals surface area contributed by atoms with Gasteiger partial charge in [-0.3, -0.25) is 9.59 Å². The van der Waals surface area contributed by atoms with Gasteiger partial charge in [-0.05, 0) is 42.5 Å². The number of Topliss-reactive ketones (excluding diaryl/α,β-unsaturated/α-hetero) is 1. The number of carbonyl (C=O) groups is 3. The average molecular weight is 482 g/mol. The van der Waals surface area contributed by atoms with Crippen LogP contribution in [0.25, 0.3) is 0 Å². The topological polar surface area (TPSA) is 90.9 Å². The fourth-order valence-electron chi connectivity index (χ4n) is 4.56. The summed E-state index contributed by atoms with van der Waals surface area (Å²) in [6.07, 6.45) is 1.07. The Labute approximate surface area is 202 Å². The molecular weight excluding hydrogens is 454 g/mol. The van der Waals surface area contributed by atoms with Crippen molar-refractivity contribution < 1.29 is 28.6 Å².